The first-order valence-electron chi connectivity index (χ1n) is 8.84. The molecule has 168 valence electrons. The number of ether oxygens (including phenoxy) is 1. The Labute approximate surface area is 173 Å². The quantitative estimate of drug-likeness (QED) is 0.384. The summed E-state index contributed by atoms with van der Waals surface area (Å²) in [6.45, 7) is 0.395. The summed E-state index contributed by atoms with van der Waals surface area (Å²) in [4.78, 5) is 0. The molecule has 0 spiro atoms. The van der Waals surface area contributed by atoms with Crippen LogP contribution >= 0.6 is 0 Å². The van der Waals surface area contributed by atoms with E-state index >= 15 is 0 Å². The number of halogens is 7. The molecule has 2 aromatic carbocycles. The van der Waals surface area contributed by atoms with E-state index in [1.165, 1.54) is 37.3 Å². The summed E-state index contributed by atoms with van der Waals surface area (Å²) in [5.74, 6) is -1.30. The van der Waals surface area contributed by atoms with Gasteiger partial charge in [-0.3, -0.25) is 0 Å². The number of nitrogens with one attached hydrogen (secondary N) is 1. The fourth-order valence-corrected chi connectivity index (χ4v) is 2.81. The van der Waals surface area contributed by atoms with Gasteiger partial charge in [0.15, 0.2) is 0 Å². The van der Waals surface area contributed by atoms with Crippen LogP contribution in [0.25, 0.3) is 5.57 Å². The highest BCUT2D eigenvalue weighted by molar-refractivity contribution is 6.01. The maximum absolute atomic E-state index is 14.9. The first kappa shape index (κ1) is 24.4. The first-order valence-corrected chi connectivity index (χ1v) is 8.84. The second-order valence-electron chi connectivity index (χ2n) is 6.56. The van der Waals surface area contributed by atoms with Crippen LogP contribution in [0, 0.1) is 11.2 Å². The van der Waals surface area contributed by atoms with E-state index in [-0.39, 0.29) is 28.2 Å². The lowest BCUT2D eigenvalue weighted by atomic mass is 9.90. The third-order valence-electron chi connectivity index (χ3n) is 4.29. The van der Waals surface area contributed by atoms with Crippen molar-refractivity contribution in [2.45, 2.75) is 31.8 Å². The number of hydrogen-bond donors (Lipinski definition) is 2. The Kier molecular flexibility index (Phi) is 7.83. The van der Waals surface area contributed by atoms with Crippen LogP contribution in [0.3, 0.4) is 0 Å². The molecule has 0 amide bonds. The van der Waals surface area contributed by atoms with Crippen LogP contribution < -0.4 is 4.74 Å². The monoisotopic (exact) mass is 449 g/mol. The molecular formula is C21H18F7NO2. The summed E-state index contributed by atoms with van der Waals surface area (Å²) in [6.07, 6.45) is -9.39. The standard InChI is InChI=1S/C21H18F7NO2/c1-11(29)8-15(14-4-2-3-5-17(14)31-10-18(23)24)13-7-6-12(9-16(13)22)21(30,19(25)26)20(27)28/h2-9,18-20,29-30H,10H2,1H3/b15-8-,29-11?. The van der Waals surface area contributed by atoms with E-state index in [1.54, 1.807) is 0 Å². The lowest BCUT2D eigenvalue weighted by molar-refractivity contribution is -0.183. The molecule has 0 bridgehead atoms. The Morgan fingerprint density at radius 2 is 1.65 bits per heavy atom. The highest BCUT2D eigenvalue weighted by atomic mass is 19.3. The van der Waals surface area contributed by atoms with Crippen LogP contribution in [0.1, 0.15) is 23.6 Å². The fourth-order valence-electron chi connectivity index (χ4n) is 2.81. The Bertz CT molecular complexity index is 952. The van der Waals surface area contributed by atoms with Crippen LogP contribution in [-0.2, 0) is 5.60 Å². The van der Waals surface area contributed by atoms with E-state index in [1.807, 2.05) is 0 Å². The Balaban J connectivity index is 2.62. The summed E-state index contributed by atoms with van der Waals surface area (Å²) in [7, 11) is 0. The van der Waals surface area contributed by atoms with Crippen molar-refractivity contribution in [3.8, 4) is 5.75 Å². The van der Waals surface area contributed by atoms with E-state index in [2.05, 4.69) is 0 Å². The third-order valence-corrected chi connectivity index (χ3v) is 4.29. The number of alkyl halides is 6. The molecule has 2 N–H and O–H groups in total. The molecule has 0 unspecified atom stereocenters. The molecular weight excluding hydrogens is 431 g/mol. The minimum Gasteiger partial charge on any atom is -0.487 e. The molecule has 0 aliphatic rings. The van der Waals surface area contributed by atoms with Crippen molar-refractivity contribution in [1.82, 2.24) is 0 Å². The van der Waals surface area contributed by atoms with Crippen molar-refractivity contribution in [3.63, 3.8) is 0 Å². The van der Waals surface area contributed by atoms with E-state index in [9.17, 15) is 35.8 Å². The number of para-hydroxylation sites is 1. The van der Waals surface area contributed by atoms with Gasteiger partial charge in [0.2, 0.25) is 5.60 Å². The van der Waals surface area contributed by atoms with E-state index in [4.69, 9.17) is 10.1 Å². The molecule has 2 aromatic rings. The van der Waals surface area contributed by atoms with E-state index in [0.29, 0.717) is 12.1 Å². The molecule has 0 fully saturated rings. The molecule has 0 heterocycles. The maximum Gasteiger partial charge on any atom is 0.276 e. The van der Waals surface area contributed by atoms with Gasteiger partial charge in [0, 0.05) is 16.8 Å². The Hall–Kier alpha value is -2.88. The largest absolute Gasteiger partial charge is 0.487 e. The van der Waals surface area contributed by atoms with Crippen molar-refractivity contribution in [1.29, 1.82) is 5.41 Å². The maximum atomic E-state index is 14.9. The number of aliphatic hydroxyl groups is 1. The SMILES string of the molecule is CC(=N)/C=C(/c1ccc(C(O)(C(F)F)C(F)F)cc1F)c1ccccc1OCC(F)F. The molecule has 0 atom stereocenters. The summed E-state index contributed by atoms with van der Waals surface area (Å²) in [6, 6.07) is 7.66. The summed E-state index contributed by atoms with van der Waals surface area (Å²) in [5.41, 5.74) is -5.20. The number of hydrogen-bond acceptors (Lipinski definition) is 3. The second-order valence-corrected chi connectivity index (χ2v) is 6.56. The smallest absolute Gasteiger partial charge is 0.276 e. The zero-order valence-corrected chi connectivity index (χ0v) is 16.1. The Morgan fingerprint density at radius 1 is 1.03 bits per heavy atom. The molecule has 10 heteroatoms. The van der Waals surface area contributed by atoms with Gasteiger partial charge in [0.25, 0.3) is 19.3 Å². The average molecular weight is 449 g/mol. The van der Waals surface area contributed by atoms with Crippen molar-refractivity contribution in [3.05, 3.63) is 71.0 Å². The van der Waals surface area contributed by atoms with E-state index in [0.717, 1.165) is 6.07 Å². The van der Waals surface area contributed by atoms with Gasteiger partial charge >= 0.3 is 0 Å². The second kappa shape index (κ2) is 9.95. The molecule has 0 aliphatic carbocycles. The minimum absolute atomic E-state index is 0.0287. The lowest BCUT2D eigenvalue weighted by Gasteiger charge is -2.27. The van der Waals surface area contributed by atoms with Gasteiger partial charge in [0.05, 0.1) is 0 Å². The highest BCUT2D eigenvalue weighted by Crippen LogP contribution is 2.38. The van der Waals surface area contributed by atoms with Crippen molar-refractivity contribution < 1.29 is 40.6 Å². The normalized spacial score (nSPS) is 12.7. The van der Waals surface area contributed by atoms with Crippen LogP contribution in [-0.4, -0.2) is 36.7 Å². The van der Waals surface area contributed by atoms with Gasteiger partial charge in [-0.15, -0.1) is 0 Å². The highest BCUT2D eigenvalue weighted by Gasteiger charge is 2.49. The van der Waals surface area contributed by atoms with Gasteiger partial charge in [-0.1, -0.05) is 30.3 Å². The van der Waals surface area contributed by atoms with Gasteiger partial charge in [-0.25, -0.2) is 30.7 Å². The van der Waals surface area contributed by atoms with Crippen LogP contribution in [0.5, 0.6) is 5.75 Å². The van der Waals surface area contributed by atoms with Crippen molar-refractivity contribution in [2.75, 3.05) is 6.61 Å². The predicted molar refractivity (Wildman–Crippen MR) is 101 cm³/mol. The van der Waals surface area contributed by atoms with E-state index < -0.39 is 42.9 Å². The van der Waals surface area contributed by atoms with Gasteiger partial charge in [0.1, 0.15) is 18.2 Å². The predicted octanol–water partition coefficient (Wildman–Crippen LogP) is 5.66. The zero-order chi connectivity index (χ0) is 23.3. The summed E-state index contributed by atoms with van der Waals surface area (Å²) in [5, 5.41) is 17.4. The van der Waals surface area contributed by atoms with Crippen molar-refractivity contribution >= 4 is 11.3 Å². The van der Waals surface area contributed by atoms with Crippen LogP contribution in [0.4, 0.5) is 30.7 Å². The summed E-state index contributed by atoms with van der Waals surface area (Å²) >= 11 is 0. The number of allylic oxidation sites excluding steroid dienone is 1. The molecule has 0 aliphatic heterocycles. The molecule has 0 radical (unpaired) electrons. The van der Waals surface area contributed by atoms with Crippen LogP contribution in [0.2, 0.25) is 0 Å². The molecule has 31 heavy (non-hydrogen) atoms. The molecule has 0 saturated heterocycles. The third kappa shape index (κ3) is 5.43. The fraction of sp³-hybridized carbons (Fsp3) is 0.286. The number of rotatable bonds is 9. The van der Waals surface area contributed by atoms with Gasteiger partial charge in [-0.05, 0) is 36.3 Å². The van der Waals surface area contributed by atoms with Gasteiger partial charge in [-0.2, -0.15) is 0 Å². The molecule has 2 rings (SSSR count). The topological polar surface area (TPSA) is 53.3 Å². The van der Waals surface area contributed by atoms with Crippen LogP contribution in [0.15, 0.2) is 48.5 Å². The number of benzene rings is 2. The zero-order valence-electron chi connectivity index (χ0n) is 16.1. The average Bonchev–Trinajstić information content (AvgIpc) is 2.69. The lowest BCUT2D eigenvalue weighted by Crippen LogP contribution is -2.41. The molecule has 3 nitrogen and oxygen atoms in total. The summed E-state index contributed by atoms with van der Waals surface area (Å²) < 4.78 is 97.3. The first-order chi connectivity index (χ1) is 14.5. The molecule has 0 aromatic heterocycles. The van der Waals surface area contributed by atoms with Gasteiger partial charge < -0.3 is 15.3 Å². The minimum atomic E-state index is -3.89. The molecule has 0 saturated carbocycles. The Morgan fingerprint density at radius 3 is 2.16 bits per heavy atom. The van der Waals surface area contributed by atoms with Crippen molar-refractivity contribution in [2.24, 2.45) is 0 Å².